The lowest BCUT2D eigenvalue weighted by Gasteiger charge is -2.20. The van der Waals surface area contributed by atoms with Gasteiger partial charge < -0.3 is 4.74 Å². The molecule has 1 heterocycles. The first kappa shape index (κ1) is 25.7. The lowest BCUT2D eigenvalue weighted by atomic mass is 9.93. The second kappa shape index (κ2) is 13.8. The molecule has 0 N–H and O–H groups in total. The van der Waals surface area contributed by atoms with Gasteiger partial charge in [0.05, 0.1) is 5.02 Å². The number of benzene rings is 1. The summed E-state index contributed by atoms with van der Waals surface area (Å²) in [5.74, 6) is 0.901. The smallest absolute Gasteiger partial charge is 0.195 e. The number of carbonyl (C=O) groups excluding carboxylic acids is 1. The van der Waals surface area contributed by atoms with Crippen molar-refractivity contribution >= 4 is 29.1 Å². The van der Waals surface area contributed by atoms with E-state index in [0.29, 0.717) is 21.7 Å². The summed E-state index contributed by atoms with van der Waals surface area (Å²) in [7, 11) is 0. The molecular weight excluding hydrogens is 400 g/mol. The average molecular weight is 435 g/mol. The summed E-state index contributed by atoms with van der Waals surface area (Å²) >= 11 is 7.82. The number of allylic oxidation sites excluding steroid dienone is 4. The Morgan fingerprint density at radius 2 is 1.97 bits per heavy atom. The lowest BCUT2D eigenvalue weighted by Crippen LogP contribution is -2.14. The fourth-order valence-corrected chi connectivity index (χ4v) is 3.84. The maximum Gasteiger partial charge on any atom is 0.195 e. The Kier molecular flexibility index (Phi) is 12.3. The fourth-order valence-electron chi connectivity index (χ4n) is 3.33. The van der Waals surface area contributed by atoms with Crippen LogP contribution in [0.25, 0.3) is 0 Å². The second-order valence-electron chi connectivity index (χ2n) is 7.55. The first-order valence-corrected chi connectivity index (χ1v) is 11.9. The number of aryl methyl sites for hydroxylation is 1. The number of thioether (sulfide) groups is 1. The molecule has 0 atom stereocenters. The maximum atomic E-state index is 12.7. The molecule has 4 heteroatoms. The highest BCUT2D eigenvalue weighted by Crippen LogP contribution is 2.27. The van der Waals surface area contributed by atoms with Crippen LogP contribution in [-0.4, -0.2) is 25.3 Å². The highest BCUT2D eigenvalue weighted by molar-refractivity contribution is 8.01. The SMILES string of the molecule is C=C(/C=C\SC)C(C(=O)c1cccc(C)c1Cl)=C(C)C.CCCC1CCOCC1. The molecule has 0 radical (unpaired) electrons. The monoisotopic (exact) mass is 434 g/mol. The normalized spacial score (nSPS) is 14.3. The molecule has 2 rings (SSSR count). The quantitative estimate of drug-likeness (QED) is 0.248. The summed E-state index contributed by atoms with van der Waals surface area (Å²) < 4.78 is 5.25. The molecule has 1 saturated heterocycles. The minimum atomic E-state index is -0.0746. The van der Waals surface area contributed by atoms with Gasteiger partial charge in [0.2, 0.25) is 0 Å². The van der Waals surface area contributed by atoms with Gasteiger partial charge >= 0.3 is 0 Å². The molecule has 160 valence electrons. The molecule has 0 aliphatic carbocycles. The summed E-state index contributed by atoms with van der Waals surface area (Å²) in [6.45, 7) is 14.0. The Labute approximate surface area is 186 Å². The predicted molar refractivity (Wildman–Crippen MR) is 129 cm³/mol. The van der Waals surface area contributed by atoms with E-state index in [2.05, 4.69) is 13.5 Å². The van der Waals surface area contributed by atoms with Gasteiger partial charge in [-0.25, -0.2) is 0 Å². The van der Waals surface area contributed by atoms with Gasteiger partial charge in [-0.1, -0.05) is 55.7 Å². The molecule has 1 fully saturated rings. The second-order valence-corrected chi connectivity index (χ2v) is 8.67. The average Bonchev–Trinajstić information content (AvgIpc) is 2.70. The van der Waals surface area contributed by atoms with Gasteiger partial charge in [0, 0.05) is 24.4 Å². The maximum absolute atomic E-state index is 12.7. The molecule has 1 aromatic carbocycles. The van der Waals surface area contributed by atoms with Crippen LogP contribution in [0.15, 0.2) is 53.0 Å². The molecule has 2 nitrogen and oxygen atoms in total. The molecule has 0 amide bonds. The van der Waals surface area contributed by atoms with Crippen molar-refractivity contribution < 1.29 is 9.53 Å². The molecule has 0 spiro atoms. The standard InChI is InChI=1S/C17H19ClOS.C8H16O/c1-11(2)15(12(3)9-10-20-5)17(19)14-8-6-7-13(4)16(14)18;1-2-3-8-4-6-9-7-5-8/h6-10H,3H2,1-2,4-5H3;8H,2-7H2,1H3/b10-9-;. The van der Waals surface area contributed by atoms with E-state index in [1.54, 1.807) is 17.8 Å². The molecule has 1 aliphatic rings. The molecule has 1 aliphatic heterocycles. The minimum absolute atomic E-state index is 0.0746. The number of hydrogen-bond acceptors (Lipinski definition) is 3. The minimum Gasteiger partial charge on any atom is -0.381 e. The highest BCUT2D eigenvalue weighted by Gasteiger charge is 2.18. The Hall–Kier alpha value is -1.29. The van der Waals surface area contributed by atoms with Crippen molar-refractivity contribution in [1.82, 2.24) is 0 Å². The van der Waals surface area contributed by atoms with Crippen molar-refractivity contribution in [2.45, 2.75) is 53.4 Å². The van der Waals surface area contributed by atoms with Crippen LogP contribution >= 0.6 is 23.4 Å². The van der Waals surface area contributed by atoms with E-state index in [9.17, 15) is 4.79 Å². The van der Waals surface area contributed by atoms with Gasteiger partial charge in [0.1, 0.15) is 0 Å². The molecular formula is C25H35ClO2S. The molecule has 1 aromatic rings. The molecule has 0 aromatic heterocycles. The molecule has 29 heavy (non-hydrogen) atoms. The van der Waals surface area contributed by atoms with Crippen LogP contribution in [0.3, 0.4) is 0 Å². The zero-order valence-electron chi connectivity index (χ0n) is 18.5. The van der Waals surface area contributed by atoms with Gasteiger partial charge in [-0.3, -0.25) is 4.79 Å². The number of rotatable bonds is 7. The van der Waals surface area contributed by atoms with Crippen molar-refractivity contribution in [3.05, 3.63) is 69.1 Å². The summed E-state index contributed by atoms with van der Waals surface area (Å²) in [5, 5.41) is 2.43. The topological polar surface area (TPSA) is 26.3 Å². The fraction of sp³-hybridized carbons (Fsp3) is 0.480. The summed E-state index contributed by atoms with van der Waals surface area (Å²) in [6, 6.07) is 5.49. The van der Waals surface area contributed by atoms with Crippen molar-refractivity contribution in [2.24, 2.45) is 5.92 Å². The Balaban J connectivity index is 0.000000387. The van der Waals surface area contributed by atoms with Crippen LogP contribution in [0.2, 0.25) is 5.02 Å². The van der Waals surface area contributed by atoms with Crippen molar-refractivity contribution in [3.8, 4) is 0 Å². The van der Waals surface area contributed by atoms with Gasteiger partial charge in [-0.05, 0) is 74.5 Å². The Morgan fingerprint density at radius 1 is 1.31 bits per heavy atom. The van der Waals surface area contributed by atoms with Crippen LogP contribution in [0.1, 0.15) is 62.4 Å². The third-order valence-corrected chi connectivity index (χ3v) is 5.84. The van der Waals surface area contributed by atoms with Crippen molar-refractivity contribution in [2.75, 3.05) is 19.5 Å². The number of Topliss-reactive ketones (excluding diaryl/α,β-unsaturated/α-hetero) is 1. The number of halogens is 1. The Bertz CT molecular complexity index is 736. The third kappa shape index (κ3) is 8.54. The zero-order valence-corrected chi connectivity index (χ0v) is 20.1. The largest absolute Gasteiger partial charge is 0.381 e. The number of ether oxygens (including phenoxy) is 1. The van der Waals surface area contributed by atoms with Gasteiger partial charge in [0.15, 0.2) is 5.78 Å². The molecule has 0 unspecified atom stereocenters. The van der Waals surface area contributed by atoms with Crippen LogP contribution < -0.4 is 0 Å². The Morgan fingerprint density at radius 3 is 2.52 bits per heavy atom. The number of hydrogen-bond donors (Lipinski definition) is 0. The third-order valence-electron chi connectivity index (χ3n) is 4.93. The molecule has 0 bridgehead atoms. The van der Waals surface area contributed by atoms with Crippen LogP contribution in [0.5, 0.6) is 0 Å². The van der Waals surface area contributed by atoms with Crippen molar-refractivity contribution in [3.63, 3.8) is 0 Å². The van der Waals surface area contributed by atoms with Crippen LogP contribution in [0, 0.1) is 12.8 Å². The summed E-state index contributed by atoms with van der Waals surface area (Å²) in [5.41, 5.74) is 3.70. The van der Waals surface area contributed by atoms with Crippen LogP contribution in [-0.2, 0) is 4.74 Å². The number of ketones is 1. The predicted octanol–water partition coefficient (Wildman–Crippen LogP) is 7.81. The van der Waals surface area contributed by atoms with E-state index in [4.69, 9.17) is 16.3 Å². The zero-order chi connectivity index (χ0) is 21.8. The first-order chi connectivity index (χ1) is 13.8. The van der Waals surface area contributed by atoms with Gasteiger partial charge in [-0.2, -0.15) is 0 Å². The molecule has 0 saturated carbocycles. The van der Waals surface area contributed by atoms with Crippen molar-refractivity contribution in [1.29, 1.82) is 0 Å². The van der Waals surface area contributed by atoms with E-state index < -0.39 is 0 Å². The lowest BCUT2D eigenvalue weighted by molar-refractivity contribution is 0.0637. The van der Waals surface area contributed by atoms with Gasteiger partial charge in [0.25, 0.3) is 0 Å². The highest BCUT2D eigenvalue weighted by atomic mass is 35.5. The summed E-state index contributed by atoms with van der Waals surface area (Å²) in [4.78, 5) is 12.7. The van der Waals surface area contributed by atoms with E-state index in [1.165, 1.54) is 25.7 Å². The van der Waals surface area contributed by atoms with E-state index in [-0.39, 0.29) is 5.78 Å². The summed E-state index contributed by atoms with van der Waals surface area (Å²) in [6.07, 6.45) is 9.16. The van der Waals surface area contributed by atoms with E-state index in [0.717, 1.165) is 30.3 Å². The van der Waals surface area contributed by atoms with E-state index >= 15 is 0 Å². The number of carbonyl (C=O) groups is 1. The van der Waals surface area contributed by atoms with Gasteiger partial charge in [-0.15, -0.1) is 11.8 Å². The van der Waals surface area contributed by atoms with E-state index in [1.807, 2.05) is 50.6 Å². The van der Waals surface area contributed by atoms with Crippen LogP contribution in [0.4, 0.5) is 0 Å². The first-order valence-electron chi connectivity index (χ1n) is 10.3.